The molecule has 1 amide bonds. The number of non-ortho nitro benzene ring substituents is 1. The van der Waals surface area contributed by atoms with Gasteiger partial charge in [-0.3, -0.25) is 19.8 Å². The Morgan fingerprint density at radius 1 is 1.03 bits per heavy atom. The van der Waals surface area contributed by atoms with Crippen LogP contribution >= 0.6 is 11.6 Å². The first-order chi connectivity index (χ1) is 17.0. The lowest BCUT2D eigenvalue weighted by molar-refractivity contribution is -0.384. The molecule has 0 spiro atoms. The van der Waals surface area contributed by atoms with Crippen LogP contribution in [0.25, 0.3) is 0 Å². The van der Waals surface area contributed by atoms with E-state index in [9.17, 15) is 14.9 Å². The van der Waals surface area contributed by atoms with Gasteiger partial charge in [0, 0.05) is 55.4 Å². The topological polar surface area (TPSA) is 85.2 Å². The van der Waals surface area contributed by atoms with Gasteiger partial charge in [-0.2, -0.15) is 0 Å². The monoisotopic (exact) mass is 495 g/mol. The van der Waals surface area contributed by atoms with Crippen molar-refractivity contribution in [1.82, 2.24) is 9.80 Å². The molecule has 35 heavy (non-hydrogen) atoms. The highest BCUT2D eigenvalue weighted by Crippen LogP contribution is 2.25. The van der Waals surface area contributed by atoms with Gasteiger partial charge in [-0.1, -0.05) is 29.8 Å². The predicted molar refractivity (Wildman–Crippen MR) is 133 cm³/mol. The van der Waals surface area contributed by atoms with Crippen molar-refractivity contribution in [2.45, 2.75) is 6.54 Å². The molecular weight excluding hydrogens is 470 g/mol. The Kier molecular flexibility index (Phi) is 8.31. The van der Waals surface area contributed by atoms with Crippen molar-refractivity contribution < 1.29 is 19.2 Å². The van der Waals surface area contributed by atoms with Gasteiger partial charge < -0.3 is 14.4 Å². The van der Waals surface area contributed by atoms with E-state index in [-0.39, 0.29) is 17.2 Å². The fourth-order valence-corrected chi connectivity index (χ4v) is 3.97. The van der Waals surface area contributed by atoms with Crippen molar-refractivity contribution in [3.05, 3.63) is 99.1 Å². The normalized spacial score (nSPS) is 13.9. The molecule has 1 heterocycles. The van der Waals surface area contributed by atoms with Gasteiger partial charge in [0.25, 0.3) is 11.6 Å². The number of carbonyl (C=O) groups is 1. The van der Waals surface area contributed by atoms with Crippen LogP contribution in [0, 0.1) is 10.1 Å². The number of nitro benzene ring substituents is 1. The maximum atomic E-state index is 13.4. The third kappa shape index (κ3) is 7.02. The Morgan fingerprint density at radius 3 is 2.51 bits per heavy atom. The van der Waals surface area contributed by atoms with E-state index in [0.29, 0.717) is 49.4 Å². The van der Waals surface area contributed by atoms with E-state index in [1.54, 1.807) is 35.2 Å². The van der Waals surface area contributed by atoms with Crippen molar-refractivity contribution >= 4 is 23.2 Å². The molecule has 0 atom stereocenters. The Bertz CT molecular complexity index is 1170. The molecule has 0 bridgehead atoms. The van der Waals surface area contributed by atoms with Crippen LogP contribution in [0.1, 0.15) is 15.9 Å². The first kappa shape index (κ1) is 24.7. The Labute approximate surface area is 208 Å². The third-order valence-electron chi connectivity index (χ3n) is 5.70. The first-order valence-corrected chi connectivity index (χ1v) is 11.7. The van der Waals surface area contributed by atoms with Crippen LogP contribution in [-0.2, 0) is 11.3 Å². The van der Waals surface area contributed by atoms with Crippen LogP contribution in [0.4, 0.5) is 5.69 Å². The van der Waals surface area contributed by atoms with E-state index in [1.807, 2.05) is 24.3 Å². The van der Waals surface area contributed by atoms with Crippen molar-refractivity contribution in [1.29, 1.82) is 0 Å². The van der Waals surface area contributed by atoms with Crippen LogP contribution in [0.15, 0.2) is 72.8 Å². The van der Waals surface area contributed by atoms with Gasteiger partial charge in [-0.05, 0) is 48.0 Å². The summed E-state index contributed by atoms with van der Waals surface area (Å²) in [6.45, 7) is 4.46. The average Bonchev–Trinajstić information content (AvgIpc) is 2.88. The number of hydrogen-bond acceptors (Lipinski definition) is 6. The minimum atomic E-state index is -0.494. The zero-order valence-corrected chi connectivity index (χ0v) is 19.9. The Balaban J connectivity index is 1.52. The van der Waals surface area contributed by atoms with Crippen molar-refractivity contribution in [2.75, 3.05) is 39.4 Å². The second kappa shape index (κ2) is 11.8. The number of rotatable bonds is 9. The summed E-state index contributed by atoms with van der Waals surface area (Å²) in [5.41, 5.74) is 1.06. The molecule has 182 valence electrons. The number of amides is 1. The van der Waals surface area contributed by atoms with Gasteiger partial charge in [0.15, 0.2) is 0 Å². The van der Waals surface area contributed by atoms with E-state index in [0.717, 1.165) is 18.7 Å². The SMILES string of the molecule is O=C(c1cccc([N+](=O)[O-])c1)N(CCN1CCOCC1)Cc1cccc(Oc2ccc(Cl)cc2)c1. The molecule has 0 aromatic heterocycles. The van der Waals surface area contributed by atoms with E-state index >= 15 is 0 Å². The van der Waals surface area contributed by atoms with Gasteiger partial charge in [-0.25, -0.2) is 0 Å². The largest absolute Gasteiger partial charge is 0.457 e. The van der Waals surface area contributed by atoms with Crippen LogP contribution in [0.3, 0.4) is 0 Å². The highest BCUT2D eigenvalue weighted by molar-refractivity contribution is 6.30. The van der Waals surface area contributed by atoms with E-state index in [4.69, 9.17) is 21.1 Å². The summed E-state index contributed by atoms with van der Waals surface area (Å²) in [5.74, 6) is 1.04. The van der Waals surface area contributed by atoms with Gasteiger partial charge in [0.05, 0.1) is 18.1 Å². The molecule has 0 saturated carbocycles. The molecule has 1 fully saturated rings. The lowest BCUT2D eigenvalue weighted by Gasteiger charge is -2.30. The fourth-order valence-electron chi connectivity index (χ4n) is 3.84. The van der Waals surface area contributed by atoms with Crippen molar-refractivity contribution in [3.63, 3.8) is 0 Å². The number of halogens is 1. The zero-order chi connectivity index (χ0) is 24.6. The second-order valence-corrected chi connectivity index (χ2v) is 8.63. The molecule has 8 nitrogen and oxygen atoms in total. The standard InChI is InChI=1S/C26H26ClN3O5/c27-22-7-9-24(10-8-22)35-25-6-1-3-20(17-25)19-29(12-11-28-13-15-34-16-14-28)26(31)21-4-2-5-23(18-21)30(32)33/h1-10,17-18H,11-16,19H2. The predicted octanol–water partition coefficient (Wildman–Crippen LogP) is 5.02. The summed E-state index contributed by atoms with van der Waals surface area (Å²) in [6.07, 6.45) is 0. The first-order valence-electron chi connectivity index (χ1n) is 11.3. The molecule has 1 saturated heterocycles. The zero-order valence-electron chi connectivity index (χ0n) is 19.1. The summed E-state index contributed by atoms with van der Waals surface area (Å²) in [4.78, 5) is 28.1. The van der Waals surface area contributed by atoms with Crippen molar-refractivity contribution in [3.8, 4) is 11.5 Å². The highest BCUT2D eigenvalue weighted by atomic mass is 35.5. The smallest absolute Gasteiger partial charge is 0.270 e. The van der Waals surface area contributed by atoms with E-state index in [1.165, 1.54) is 18.2 Å². The molecule has 0 N–H and O–H groups in total. The second-order valence-electron chi connectivity index (χ2n) is 8.19. The minimum Gasteiger partial charge on any atom is -0.457 e. The summed E-state index contributed by atoms with van der Waals surface area (Å²) in [7, 11) is 0. The Morgan fingerprint density at radius 2 is 1.77 bits per heavy atom. The number of ether oxygens (including phenoxy) is 2. The van der Waals surface area contributed by atoms with Crippen LogP contribution in [-0.4, -0.2) is 60.0 Å². The average molecular weight is 496 g/mol. The van der Waals surface area contributed by atoms with Gasteiger partial charge in [0.2, 0.25) is 0 Å². The summed E-state index contributed by atoms with van der Waals surface area (Å²) >= 11 is 5.95. The number of morpholine rings is 1. The molecule has 1 aliphatic heterocycles. The number of carbonyl (C=O) groups excluding carboxylic acids is 1. The quantitative estimate of drug-likeness (QED) is 0.306. The van der Waals surface area contributed by atoms with Crippen molar-refractivity contribution in [2.24, 2.45) is 0 Å². The maximum absolute atomic E-state index is 13.4. The molecular formula is C26H26ClN3O5. The number of hydrogen-bond donors (Lipinski definition) is 0. The fraction of sp³-hybridized carbons (Fsp3) is 0.269. The minimum absolute atomic E-state index is 0.109. The molecule has 4 rings (SSSR count). The highest BCUT2D eigenvalue weighted by Gasteiger charge is 2.20. The lowest BCUT2D eigenvalue weighted by Crippen LogP contribution is -2.42. The molecule has 0 unspecified atom stereocenters. The molecule has 0 aliphatic carbocycles. The molecule has 0 radical (unpaired) electrons. The van der Waals surface area contributed by atoms with Gasteiger partial charge >= 0.3 is 0 Å². The van der Waals surface area contributed by atoms with E-state index < -0.39 is 4.92 Å². The van der Waals surface area contributed by atoms with Crippen LogP contribution < -0.4 is 4.74 Å². The van der Waals surface area contributed by atoms with Crippen LogP contribution in [0.5, 0.6) is 11.5 Å². The van der Waals surface area contributed by atoms with Gasteiger partial charge in [-0.15, -0.1) is 0 Å². The van der Waals surface area contributed by atoms with Crippen LogP contribution in [0.2, 0.25) is 5.02 Å². The maximum Gasteiger partial charge on any atom is 0.270 e. The summed E-state index contributed by atoms with van der Waals surface area (Å²) < 4.78 is 11.4. The lowest BCUT2D eigenvalue weighted by atomic mass is 10.1. The summed E-state index contributed by atoms with van der Waals surface area (Å²) in [6, 6.07) is 20.5. The third-order valence-corrected chi connectivity index (χ3v) is 5.95. The molecule has 1 aliphatic rings. The molecule has 3 aromatic carbocycles. The number of nitrogens with zero attached hydrogens (tertiary/aromatic N) is 3. The van der Waals surface area contributed by atoms with Gasteiger partial charge in [0.1, 0.15) is 11.5 Å². The molecule has 3 aromatic rings. The summed E-state index contributed by atoms with van der Waals surface area (Å²) in [5, 5.41) is 11.8. The number of benzene rings is 3. The molecule has 9 heteroatoms. The number of nitro groups is 1. The Hall–Kier alpha value is -3.46. The van der Waals surface area contributed by atoms with E-state index in [2.05, 4.69) is 4.90 Å².